The maximum Gasteiger partial charge on any atom is 0.257 e. The van der Waals surface area contributed by atoms with E-state index in [1.165, 1.54) is 0 Å². The summed E-state index contributed by atoms with van der Waals surface area (Å²) in [5, 5.41) is 5.86. The number of hydrogen-bond donors (Lipinski definition) is 2. The molecule has 3 aromatic carbocycles. The van der Waals surface area contributed by atoms with Crippen molar-refractivity contribution >= 4 is 44.9 Å². The predicted molar refractivity (Wildman–Crippen MR) is 122 cm³/mol. The van der Waals surface area contributed by atoms with Crippen LogP contribution in [0, 0.1) is 0 Å². The van der Waals surface area contributed by atoms with E-state index in [-0.39, 0.29) is 11.0 Å². The topological polar surface area (TPSA) is 59.6 Å². The van der Waals surface area contributed by atoms with Gasteiger partial charge in [-0.2, -0.15) is 0 Å². The summed E-state index contributed by atoms with van der Waals surface area (Å²) >= 11 is 8.54. The van der Waals surface area contributed by atoms with Gasteiger partial charge in [0, 0.05) is 15.7 Å². The zero-order valence-corrected chi connectivity index (χ0v) is 17.8. The van der Waals surface area contributed by atoms with E-state index in [0.29, 0.717) is 18.8 Å². The van der Waals surface area contributed by atoms with Gasteiger partial charge in [0.15, 0.2) is 5.11 Å². The molecule has 0 aliphatic carbocycles. The van der Waals surface area contributed by atoms with Crippen LogP contribution in [-0.4, -0.2) is 24.2 Å². The molecule has 3 rings (SSSR count). The van der Waals surface area contributed by atoms with Gasteiger partial charge in [-0.05, 0) is 72.9 Å². The second-order valence-electron chi connectivity index (χ2n) is 5.95. The zero-order chi connectivity index (χ0) is 20.5. The van der Waals surface area contributed by atoms with E-state index in [0.717, 1.165) is 21.7 Å². The number of carbonyl (C=O) groups is 1. The van der Waals surface area contributed by atoms with E-state index in [9.17, 15) is 4.79 Å². The Morgan fingerprint density at radius 3 is 2.03 bits per heavy atom. The number of rotatable bonds is 7. The number of nitrogens with one attached hydrogen (secondary N) is 2. The molecule has 0 fully saturated rings. The quantitative estimate of drug-likeness (QED) is 0.374. The highest BCUT2D eigenvalue weighted by Gasteiger charge is 2.08. The SMILES string of the molecule is O=C(NC(=S)Nc1ccc(OCCOc2ccccc2)cc1)c1ccc(Br)cc1. The lowest BCUT2D eigenvalue weighted by Crippen LogP contribution is -2.34. The van der Waals surface area contributed by atoms with Crippen LogP contribution in [0.4, 0.5) is 5.69 Å². The molecule has 0 heterocycles. The molecule has 148 valence electrons. The van der Waals surface area contributed by atoms with Crippen LogP contribution in [0.15, 0.2) is 83.3 Å². The minimum Gasteiger partial charge on any atom is -0.490 e. The fourth-order valence-electron chi connectivity index (χ4n) is 2.41. The Hall–Kier alpha value is -2.90. The van der Waals surface area contributed by atoms with Gasteiger partial charge in [-0.15, -0.1) is 0 Å². The van der Waals surface area contributed by atoms with Gasteiger partial charge in [-0.25, -0.2) is 0 Å². The summed E-state index contributed by atoms with van der Waals surface area (Å²) in [4.78, 5) is 12.2. The summed E-state index contributed by atoms with van der Waals surface area (Å²) in [6.45, 7) is 0.888. The van der Waals surface area contributed by atoms with E-state index in [1.807, 2.05) is 54.6 Å². The summed E-state index contributed by atoms with van der Waals surface area (Å²) in [7, 11) is 0. The Kier molecular flexibility index (Phi) is 7.61. The molecule has 0 saturated carbocycles. The Labute approximate surface area is 183 Å². The van der Waals surface area contributed by atoms with Crippen LogP contribution in [0.25, 0.3) is 0 Å². The molecule has 0 atom stereocenters. The highest BCUT2D eigenvalue weighted by Crippen LogP contribution is 2.16. The molecule has 3 aromatic rings. The van der Waals surface area contributed by atoms with Gasteiger partial charge in [0.1, 0.15) is 24.7 Å². The van der Waals surface area contributed by atoms with E-state index >= 15 is 0 Å². The van der Waals surface area contributed by atoms with Crippen molar-refractivity contribution in [2.45, 2.75) is 0 Å². The molecule has 0 saturated heterocycles. The average molecular weight is 471 g/mol. The largest absolute Gasteiger partial charge is 0.490 e. The van der Waals surface area contributed by atoms with Crippen LogP contribution in [0.2, 0.25) is 0 Å². The molecule has 0 unspecified atom stereocenters. The summed E-state index contributed by atoms with van der Waals surface area (Å²) in [5.41, 5.74) is 1.28. The summed E-state index contributed by atoms with van der Waals surface area (Å²) in [5.74, 6) is 1.26. The highest BCUT2D eigenvalue weighted by molar-refractivity contribution is 9.10. The third kappa shape index (κ3) is 6.89. The van der Waals surface area contributed by atoms with Crippen LogP contribution in [0.1, 0.15) is 10.4 Å². The average Bonchev–Trinajstić information content (AvgIpc) is 2.73. The van der Waals surface area contributed by atoms with Gasteiger partial charge < -0.3 is 14.8 Å². The lowest BCUT2D eigenvalue weighted by atomic mass is 10.2. The second kappa shape index (κ2) is 10.6. The molecular formula is C22H19BrN2O3S. The Balaban J connectivity index is 1.41. The van der Waals surface area contributed by atoms with Gasteiger partial charge in [-0.1, -0.05) is 34.1 Å². The summed E-state index contributed by atoms with van der Waals surface area (Å²) in [6, 6.07) is 23.9. The molecule has 7 heteroatoms. The van der Waals surface area contributed by atoms with Crippen molar-refractivity contribution in [3.05, 3.63) is 88.9 Å². The van der Waals surface area contributed by atoms with E-state index in [2.05, 4.69) is 26.6 Å². The molecule has 29 heavy (non-hydrogen) atoms. The third-order valence-electron chi connectivity index (χ3n) is 3.81. The Morgan fingerprint density at radius 2 is 1.41 bits per heavy atom. The van der Waals surface area contributed by atoms with Crippen molar-refractivity contribution in [2.24, 2.45) is 0 Å². The third-order valence-corrected chi connectivity index (χ3v) is 4.54. The first kappa shape index (κ1) is 20.8. The molecular weight excluding hydrogens is 452 g/mol. The molecule has 2 N–H and O–H groups in total. The maximum atomic E-state index is 12.2. The van der Waals surface area contributed by atoms with Gasteiger partial charge in [0.2, 0.25) is 0 Å². The Bertz CT molecular complexity index is 948. The zero-order valence-electron chi connectivity index (χ0n) is 15.4. The molecule has 0 aromatic heterocycles. The number of ether oxygens (including phenoxy) is 2. The van der Waals surface area contributed by atoms with Crippen LogP contribution >= 0.6 is 28.1 Å². The number of para-hydroxylation sites is 1. The van der Waals surface area contributed by atoms with Gasteiger partial charge in [0.05, 0.1) is 0 Å². The van der Waals surface area contributed by atoms with Crippen LogP contribution < -0.4 is 20.1 Å². The lowest BCUT2D eigenvalue weighted by molar-refractivity contribution is 0.0977. The molecule has 1 amide bonds. The molecule has 5 nitrogen and oxygen atoms in total. The number of thiocarbonyl (C=S) groups is 1. The van der Waals surface area contributed by atoms with Crippen molar-refractivity contribution < 1.29 is 14.3 Å². The first-order valence-corrected chi connectivity index (χ1v) is 10.1. The maximum absolute atomic E-state index is 12.2. The normalized spacial score (nSPS) is 10.1. The summed E-state index contributed by atoms with van der Waals surface area (Å²) < 4.78 is 12.2. The van der Waals surface area contributed by atoms with Gasteiger partial charge >= 0.3 is 0 Å². The molecule has 0 radical (unpaired) electrons. The second-order valence-corrected chi connectivity index (χ2v) is 7.27. The van der Waals surface area contributed by atoms with Crippen molar-refractivity contribution in [3.63, 3.8) is 0 Å². The minimum atomic E-state index is -0.270. The lowest BCUT2D eigenvalue weighted by Gasteiger charge is -2.11. The minimum absolute atomic E-state index is 0.225. The molecule has 0 aliphatic rings. The number of amides is 1. The first-order valence-electron chi connectivity index (χ1n) is 8.89. The fourth-order valence-corrected chi connectivity index (χ4v) is 2.88. The predicted octanol–water partition coefficient (Wildman–Crippen LogP) is 5.03. The highest BCUT2D eigenvalue weighted by atomic mass is 79.9. The standard InChI is InChI=1S/C22H19BrN2O3S/c23-17-8-6-16(7-9-17)21(26)25-22(29)24-18-10-12-20(13-11-18)28-15-14-27-19-4-2-1-3-5-19/h1-13H,14-15H2,(H2,24,25,26,29). The Morgan fingerprint density at radius 1 is 0.828 bits per heavy atom. The van der Waals surface area contributed by atoms with E-state index in [4.69, 9.17) is 21.7 Å². The van der Waals surface area contributed by atoms with Crippen molar-refractivity contribution in [2.75, 3.05) is 18.5 Å². The number of hydrogen-bond acceptors (Lipinski definition) is 4. The van der Waals surface area contributed by atoms with Crippen molar-refractivity contribution in [1.82, 2.24) is 5.32 Å². The van der Waals surface area contributed by atoms with Crippen LogP contribution in [0.5, 0.6) is 11.5 Å². The number of carbonyl (C=O) groups excluding carboxylic acids is 1. The molecule has 0 aliphatic heterocycles. The van der Waals surface area contributed by atoms with Gasteiger partial charge in [-0.3, -0.25) is 10.1 Å². The van der Waals surface area contributed by atoms with Gasteiger partial charge in [0.25, 0.3) is 5.91 Å². The fraction of sp³-hybridized carbons (Fsp3) is 0.0909. The van der Waals surface area contributed by atoms with E-state index in [1.54, 1.807) is 24.3 Å². The van der Waals surface area contributed by atoms with E-state index < -0.39 is 0 Å². The monoisotopic (exact) mass is 470 g/mol. The number of benzene rings is 3. The first-order chi connectivity index (χ1) is 14.1. The number of anilines is 1. The molecule has 0 bridgehead atoms. The van der Waals surface area contributed by atoms with Crippen molar-refractivity contribution in [3.8, 4) is 11.5 Å². The number of halogens is 1. The van der Waals surface area contributed by atoms with Crippen LogP contribution in [0.3, 0.4) is 0 Å². The van der Waals surface area contributed by atoms with Crippen molar-refractivity contribution in [1.29, 1.82) is 0 Å². The summed E-state index contributed by atoms with van der Waals surface area (Å²) in [6.07, 6.45) is 0. The smallest absolute Gasteiger partial charge is 0.257 e. The molecule has 0 spiro atoms. The van der Waals surface area contributed by atoms with Crippen LogP contribution in [-0.2, 0) is 0 Å².